The van der Waals surface area contributed by atoms with E-state index in [1.165, 1.54) is 43.4 Å². The Morgan fingerprint density at radius 1 is 0.692 bits per heavy atom. The third kappa shape index (κ3) is 2.20. The molecule has 0 spiro atoms. The Hall–Kier alpha value is -2.93. The van der Waals surface area contributed by atoms with E-state index in [2.05, 4.69) is 86.4 Å². The quantitative estimate of drug-likeness (QED) is 0.302. The molecule has 1 nitrogen and oxygen atoms in total. The molecule has 5 aromatic rings. The maximum absolute atomic E-state index is 4.58. The van der Waals surface area contributed by atoms with Gasteiger partial charge in [-0.2, -0.15) is 0 Å². The summed E-state index contributed by atoms with van der Waals surface area (Å²) in [6, 6.07) is 24.3. The lowest BCUT2D eigenvalue weighted by molar-refractivity contribution is 0.591. The summed E-state index contributed by atoms with van der Waals surface area (Å²) in [6.07, 6.45) is 1.86. The van der Waals surface area contributed by atoms with Crippen LogP contribution in [0.4, 0.5) is 0 Å². The van der Waals surface area contributed by atoms with E-state index in [1.54, 1.807) is 0 Å². The number of pyridine rings is 1. The molecule has 0 unspecified atom stereocenters. The molecule has 0 N–H and O–H groups in total. The van der Waals surface area contributed by atoms with Gasteiger partial charge >= 0.3 is 0 Å². The Bertz CT molecular complexity index is 1230. The van der Waals surface area contributed by atoms with Crippen molar-refractivity contribution in [2.24, 2.45) is 0 Å². The predicted octanol–water partition coefficient (Wildman–Crippen LogP) is 6.94. The van der Waals surface area contributed by atoms with Crippen LogP contribution in [0, 0.1) is 0 Å². The molecule has 4 aromatic carbocycles. The second kappa shape index (κ2) is 5.28. The molecular weight excluding hydrogens is 314 g/mol. The van der Waals surface area contributed by atoms with Crippen LogP contribution in [0.5, 0.6) is 0 Å². The van der Waals surface area contributed by atoms with E-state index in [0.717, 1.165) is 5.69 Å². The molecule has 1 heterocycles. The molecule has 0 saturated carbocycles. The van der Waals surface area contributed by atoms with Gasteiger partial charge in [0.2, 0.25) is 0 Å². The first-order valence-corrected chi connectivity index (χ1v) is 9.16. The van der Waals surface area contributed by atoms with E-state index in [9.17, 15) is 0 Å². The van der Waals surface area contributed by atoms with Crippen LogP contribution in [-0.2, 0) is 5.41 Å². The SMILES string of the molecule is CC(C)(C)c1cc2ccc3ccc(-c4ccccn4)c4ccc(c1)c2c34. The van der Waals surface area contributed by atoms with Crippen LogP contribution in [0.2, 0.25) is 0 Å². The standard InChI is InChI=1S/C25H21N/c1-25(2,3)19-14-17-8-7-16-9-11-20(22-6-4-5-13-26-22)21-12-10-18(15-19)23(17)24(16)21/h4-15H,1-3H3. The van der Waals surface area contributed by atoms with E-state index in [4.69, 9.17) is 0 Å². The first-order valence-electron chi connectivity index (χ1n) is 9.16. The average Bonchev–Trinajstić information content (AvgIpc) is 2.65. The Balaban J connectivity index is 1.92. The third-order valence-electron chi connectivity index (χ3n) is 5.41. The van der Waals surface area contributed by atoms with Crippen LogP contribution in [0.25, 0.3) is 43.6 Å². The van der Waals surface area contributed by atoms with Crippen molar-refractivity contribution in [3.63, 3.8) is 0 Å². The van der Waals surface area contributed by atoms with Crippen molar-refractivity contribution in [1.29, 1.82) is 0 Å². The zero-order chi connectivity index (χ0) is 17.9. The van der Waals surface area contributed by atoms with E-state index in [0.29, 0.717) is 0 Å². The second-order valence-corrected chi connectivity index (χ2v) is 8.15. The van der Waals surface area contributed by atoms with Gasteiger partial charge in [-0.25, -0.2) is 0 Å². The number of benzene rings is 4. The summed E-state index contributed by atoms with van der Waals surface area (Å²) in [5.41, 5.74) is 3.75. The fourth-order valence-corrected chi connectivity index (χ4v) is 4.00. The highest BCUT2D eigenvalue weighted by atomic mass is 14.7. The van der Waals surface area contributed by atoms with Gasteiger partial charge in [0.15, 0.2) is 0 Å². The first-order chi connectivity index (χ1) is 12.5. The predicted molar refractivity (Wildman–Crippen MR) is 112 cm³/mol. The van der Waals surface area contributed by atoms with Gasteiger partial charge < -0.3 is 0 Å². The van der Waals surface area contributed by atoms with E-state index in [-0.39, 0.29) is 5.41 Å². The van der Waals surface area contributed by atoms with Crippen molar-refractivity contribution in [3.05, 3.63) is 78.5 Å². The molecular formula is C25H21N. The fourth-order valence-electron chi connectivity index (χ4n) is 4.00. The molecule has 0 aliphatic carbocycles. The van der Waals surface area contributed by atoms with E-state index >= 15 is 0 Å². The molecule has 1 aromatic heterocycles. The van der Waals surface area contributed by atoms with Gasteiger partial charge in [-0.3, -0.25) is 4.98 Å². The highest BCUT2D eigenvalue weighted by Crippen LogP contribution is 2.40. The van der Waals surface area contributed by atoms with Crippen LogP contribution in [0.3, 0.4) is 0 Å². The zero-order valence-corrected chi connectivity index (χ0v) is 15.4. The van der Waals surface area contributed by atoms with Gasteiger partial charge in [-0.15, -0.1) is 0 Å². The molecule has 0 amide bonds. The maximum Gasteiger partial charge on any atom is 0.0708 e. The lowest BCUT2D eigenvalue weighted by Gasteiger charge is -2.22. The number of hydrogen-bond donors (Lipinski definition) is 0. The van der Waals surface area contributed by atoms with Crippen LogP contribution >= 0.6 is 0 Å². The minimum atomic E-state index is 0.142. The normalized spacial score (nSPS) is 12.4. The van der Waals surface area contributed by atoms with Gasteiger partial charge in [-0.1, -0.05) is 75.4 Å². The van der Waals surface area contributed by atoms with Crippen molar-refractivity contribution in [2.45, 2.75) is 26.2 Å². The van der Waals surface area contributed by atoms with Crippen LogP contribution in [0.15, 0.2) is 72.9 Å². The third-order valence-corrected chi connectivity index (χ3v) is 5.41. The minimum Gasteiger partial charge on any atom is -0.256 e. The molecule has 126 valence electrons. The van der Waals surface area contributed by atoms with Crippen molar-refractivity contribution in [1.82, 2.24) is 4.98 Å². The summed E-state index contributed by atoms with van der Waals surface area (Å²) in [7, 11) is 0. The van der Waals surface area contributed by atoms with Crippen molar-refractivity contribution < 1.29 is 0 Å². The second-order valence-electron chi connectivity index (χ2n) is 8.15. The molecule has 5 rings (SSSR count). The summed E-state index contributed by atoms with van der Waals surface area (Å²) in [5.74, 6) is 0. The summed E-state index contributed by atoms with van der Waals surface area (Å²) in [5, 5.41) is 7.94. The highest BCUT2D eigenvalue weighted by Gasteiger charge is 2.18. The molecule has 0 fully saturated rings. The lowest BCUT2D eigenvalue weighted by Crippen LogP contribution is -2.10. The number of nitrogens with zero attached hydrogens (tertiary/aromatic N) is 1. The first kappa shape index (κ1) is 15.3. The summed E-state index contributed by atoms with van der Waals surface area (Å²) in [4.78, 5) is 4.58. The van der Waals surface area contributed by atoms with Crippen LogP contribution in [-0.4, -0.2) is 4.98 Å². The Morgan fingerprint density at radius 2 is 1.38 bits per heavy atom. The van der Waals surface area contributed by atoms with Crippen molar-refractivity contribution in [2.75, 3.05) is 0 Å². The fraction of sp³-hybridized carbons (Fsp3) is 0.160. The largest absolute Gasteiger partial charge is 0.256 e. The van der Waals surface area contributed by atoms with Gasteiger partial charge in [0.25, 0.3) is 0 Å². The molecule has 0 aliphatic rings. The maximum atomic E-state index is 4.58. The van der Waals surface area contributed by atoms with E-state index in [1.807, 2.05) is 12.3 Å². The number of rotatable bonds is 1. The van der Waals surface area contributed by atoms with Gasteiger partial charge in [0, 0.05) is 11.8 Å². The lowest BCUT2D eigenvalue weighted by atomic mass is 9.83. The van der Waals surface area contributed by atoms with Crippen LogP contribution in [0.1, 0.15) is 26.3 Å². The van der Waals surface area contributed by atoms with Crippen LogP contribution < -0.4 is 0 Å². The van der Waals surface area contributed by atoms with Gasteiger partial charge in [-0.05, 0) is 55.4 Å². The molecule has 0 saturated heterocycles. The highest BCUT2D eigenvalue weighted by molar-refractivity contribution is 6.25. The van der Waals surface area contributed by atoms with Crippen molar-refractivity contribution in [3.8, 4) is 11.3 Å². The average molecular weight is 335 g/mol. The summed E-state index contributed by atoms with van der Waals surface area (Å²) >= 11 is 0. The van der Waals surface area contributed by atoms with E-state index < -0.39 is 0 Å². The minimum absolute atomic E-state index is 0.142. The Morgan fingerprint density at radius 3 is 2.08 bits per heavy atom. The molecule has 0 atom stereocenters. The monoisotopic (exact) mass is 335 g/mol. The Kier molecular flexibility index (Phi) is 3.12. The van der Waals surface area contributed by atoms with Gasteiger partial charge in [0.05, 0.1) is 5.69 Å². The van der Waals surface area contributed by atoms with Gasteiger partial charge in [0.1, 0.15) is 0 Å². The topological polar surface area (TPSA) is 12.9 Å². The Labute approximate surface area is 153 Å². The number of aromatic nitrogens is 1. The summed E-state index contributed by atoms with van der Waals surface area (Å²) in [6.45, 7) is 6.83. The molecule has 1 heteroatoms. The van der Waals surface area contributed by atoms with Crippen molar-refractivity contribution >= 4 is 32.3 Å². The smallest absolute Gasteiger partial charge is 0.0708 e. The molecule has 0 aliphatic heterocycles. The zero-order valence-electron chi connectivity index (χ0n) is 15.4. The summed E-state index contributed by atoms with van der Waals surface area (Å²) < 4.78 is 0. The number of hydrogen-bond acceptors (Lipinski definition) is 1. The molecule has 26 heavy (non-hydrogen) atoms. The molecule has 0 bridgehead atoms. The molecule has 0 radical (unpaired) electrons.